The Hall–Kier alpha value is -0.910. The molecule has 18 heavy (non-hydrogen) atoms. The Balaban J connectivity index is 1.88. The maximum Gasteiger partial charge on any atom is 0.122 e. The van der Waals surface area contributed by atoms with Gasteiger partial charge in [0.2, 0.25) is 0 Å². The summed E-state index contributed by atoms with van der Waals surface area (Å²) < 4.78 is 7.31. The third-order valence-corrected chi connectivity index (χ3v) is 3.68. The molecule has 0 spiro atoms. The summed E-state index contributed by atoms with van der Waals surface area (Å²) in [6.07, 6.45) is 5.17. The second-order valence-corrected chi connectivity index (χ2v) is 5.17. The number of aromatic nitrogens is 2. The summed E-state index contributed by atoms with van der Waals surface area (Å²) in [5, 5.41) is 0. The molecule has 1 unspecified atom stereocenters. The smallest absolute Gasteiger partial charge is 0.122 e. The average molecular weight is 252 g/mol. The number of imidazole rings is 1. The summed E-state index contributed by atoms with van der Waals surface area (Å²) in [5.41, 5.74) is 0. The molecule has 102 valence electrons. The van der Waals surface area contributed by atoms with E-state index in [4.69, 9.17) is 4.74 Å². The van der Waals surface area contributed by atoms with E-state index in [0.717, 1.165) is 32.1 Å². The van der Waals surface area contributed by atoms with E-state index in [1.165, 1.54) is 13.0 Å². The van der Waals surface area contributed by atoms with Crippen LogP contribution in [0, 0.1) is 0 Å². The topological polar surface area (TPSA) is 33.5 Å². The molecule has 1 aliphatic heterocycles. The summed E-state index contributed by atoms with van der Waals surface area (Å²) in [6, 6.07) is 0.687. The number of hydrogen-bond donors (Lipinski definition) is 0. The molecular weight excluding hydrogens is 228 g/mol. The van der Waals surface area contributed by atoms with Crippen LogP contribution in [0.2, 0.25) is 0 Å². The van der Waals surface area contributed by atoms with Crippen molar-refractivity contribution in [2.75, 3.05) is 40.9 Å². The third kappa shape index (κ3) is 3.31. The van der Waals surface area contributed by atoms with Gasteiger partial charge in [0, 0.05) is 45.2 Å². The zero-order valence-corrected chi connectivity index (χ0v) is 11.7. The van der Waals surface area contributed by atoms with Gasteiger partial charge in [0.25, 0.3) is 0 Å². The summed E-state index contributed by atoms with van der Waals surface area (Å²) in [5.74, 6) is 1.14. The van der Waals surface area contributed by atoms with Crippen molar-refractivity contribution in [2.24, 2.45) is 0 Å². The minimum Gasteiger partial charge on any atom is -0.383 e. The molecule has 0 aliphatic carbocycles. The van der Waals surface area contributed by atoms with Gasteiger partial charge in [-0.2, -0.15) is 0 Å². The number of likely N-dealkylation sites (N-methyl/N-ethyl adjacent to an activating group) is 1. The lowest BCUT2D eigenvalue weighted by atomic mass is 10.2. The molecule has 1 atom stereocenters. The van der Waals surface area contributed by atoms with Crippen LogP contribution in [0.4, 0.5) is 0 Å². The maximum atomic E-state index is 5.12. The maximum absolute atomic E-state index is 5.12. The molecule has 0 saturated carbocycles. The molecule has 0 aromatic carbocycles. The molecule has 0 amide bonds. The highest BCUT2D eigenvalue weighted by Gasteiger charge is 2.24. The number of nitrogens with zero attached hydrogens (tertiary/aromatic N) is 4. The van der Waals surface area contributed by atoms with E-state index in [1.54, 1.807) is 7.11 Å². The Morgan fingerprint density at radius 3 is 3.00 bits per heavy atom. The van der Waals surface area contributed by atoms with Crippen molar-refractivity contribution in [3.8, 4) is 0 Å². The third-order valence-electron chi connectivity index (χ3n) is 3.68. The van der Waals surface area contributed by atoms with Gasteiger partial charge in [-0.15, -0.1) is 0 Å². The Bertz CT molecular complexity index is 364. The van der Waals surface area contributed by atoms with Gasteiger partial charge in [-0.3, -0.25) is 4.90 Å². The van der Waals surface area contributed by atoms with Gasteiger partial charge in [-0.1, -0.05) is 0 Å². The van der Waals surface area contributed by atoms with E-state index in [0.29, 0.717) is 6.04 Å². The van der Waals surface area contributed by atoms with Crippen LogP contribution < -0.4 is 0 Å². The first-order valence-corrected chi connectivity index (χ1v) is 6.58. The van der Waals surface area contributed by atoms with Crippen LogP contribution in [0.15, 0.2) is 12.4 Å². The normalized spacial score (nSPS) is 21.0. The fourth-order valence-electron chi connectivity index (χ4n) is 2.46. The van der Waals surface area contributed by atoms with Crippen molar-refractivity contribution in [3.63, 3.8) is 0 Å². The Morgan fingerprint density at radius 1 is 1.50 bits per heavy atom. The van der Waals surface area contributed by atoms with Gasteiger partial charge >= 0.3 is 0 Å². The van der Waals surface area contributed by atoms with Crippen molar-refractivity contribution in [1.82, 2.24) is 19.4 Å². The quantitative estimate of drug-likeness (QED) is 0.745. The SMILES string of the molecule is COCCn1ccnc1CN1CCC(N(C)C)C1. The molecule has 5 nitrogen and oxygen atoms in total. The fourth-order valence-corrected chi connectivity index (χ4v) is 2.46. The fraction of sp³-hybridized carbons (Fsp3) is 0.769. The van der Waals surface area contributed by atoms with Gasteiger partial charge in [0.05, 0.1) is 13.2 Å². The molecule has 1 aromatic rings. The van der Waals surface area contributed by atoms with Crippen LogP contribution >= 0.6 is 0 Å². The van der Waals surface area contributed by atoms with Crippen LogP contribution in [-0.2, 0) is 17.8 Å². The first-order valence-electron chi connectivity index (χ1n) is 6.58. The first-order chi connectivity index (χ1) is 8.70. The molecule has 0 N–H and O–H groups in total. The summed E-state index contributed by atoms with van der Waals surface area (Å²) >= 11 is 0. The van der Waals surface area contributed by atoms with Gasteiger partial charge in [0.1, 0.15) is 5.82 Å². The Kier molecular flexibility index (Phi) is 4.74. The molecule has 2 rings (SSSR count). The summed E-state index contributed by atoms with van der Waals surface area (Å²) in [7, 11) is 6.06. The van der Waals surface area contributed by atoms with E-state index in [9.17, 15) is 0 Å². The number of ether oxygens (including phenoxy) is 1. The highest BCUT2D eigenvalue weighted by molar-refractivity contribution is 4.94. The second kappa shape index (κ2) is 6.31. The standard InChI is InChI=1S/C13H24N4O/c1-15(2)12-4-6-16(10-12)11-13-14-5-7-17(13)8-9-18-3/h5,7,12H,4,6,8-11H2,1-3H3. The van der Waals surface area contributed by atoms with E-state index in [2.05, 4.69) is 33.4 Å². The lowest BCUT2D eigenvalue weighted by Gasteiger charge is -2.20. The van der Waals surface area contributed by atoms with E-state index in [-0.39, 0.29) is 0 Å². The Morgan fingerprint density at radius 2 is 2.33 bits per heavy atom. The van der Waals surface area contributed by atoms with Gasteiger partial charge in [-0.25, -0.2) is 4.98 Å². The van der Waals surface area contributed by atoms with Crippen LogP contribution in [-0.4, -0.2) is 66.3 Å². The number of methoxy groups -OCH3 is 1. The molecule has 1 aromatic heterocycles. The second-order valence-electron chi connectivity index (χ2n) is 5.17. The van der Waals surface area contributed by atoms with Crippen LogP contribution in [0.1, 0.15) is 12.2 Å². The minimum absolute atomic E-state index is 0.687. The van der Waals surface area contributed by atoms with E-state index in [1.807, 2.05) is 12.4 Å². The lowest BCUT2D eigenvalue weighted by molar-refractivity contribution is 0.184. The lowest BCUT2D eigenvalue weighted by Crippen LogP contribution is -2.31. The molecule has 5 heteroatoms. The highest BCUT2D eigenvalue weighted by atomic mass is 16.5. The van der Waals surface area contributed by atoms with Gasteiger partial charge in [-0.05, 0) is 20.5 Å². The van der Waals surface area contributed by atoms with Gasteiger partial charge < -0.3 is 14.2 Å². The minimum atomic E-state index is 0.687. The summed E-state index contributed by atoms with van der Waals surface area (Å²) in [4.78, 5) is 9.25. The van der Waals surface area contributed by atoms with Crippen LogP contribution in [0.25, 0.3) is 0 Å². The van der Waals surface area contributed by atoms with Crippen molar-refractivity contribution in [2.45, 2.75) is 25.6 Å². The monoisotopic (exact) mass is 252 g/mol. The average Bonchev–Trinajstić information content (AvgIpc) is 2.96. The molecule has 0 bridgehead atoms. The Labute approximate surface area is 109 Å². The van der Waals surface area contributed by atoms with Crippen LogP contribution in [0.5, 0.6) is 0 Å². The van der Waals surface area contributed by atoms with Crippen molar-refractivity contribution < 1.29 is 4.74 Å². The van der Waals surface area contributed by atoms with Crippen LogP contribution in [0.3, 0.4) is 0 Å². The number of rotatable bonds is 6. The van der Waals surface area contributed by atoms with Crippen molar-refractivity contribution in [1.29, 1.82) is 0 Å². The molecular formula is C13H24N4O. The predicted octanol–water partition coefficient (Wildman–Crippen LogP) is 0.665. The number of hydrogen-bond acceptors (Lipinski definition) is 4. The molecule has 1 fully saturated rings. The van der Waals surface area contributed by atoms with E-state index < -0.39 is 0 Å². The first kappa shape index (κ1) is 13.5. The molecule has 1 aliphatic rings. The highest BCUT2D eigenvalue weighted by Crippen LogP contribution is 2.15. The molecule has 0 radical (unpaired) electrons. The summed E-state index contributed by atoms with van der Waals surface area (Å²) in [6.45, 7) is 4.88. The molecule has 2 heterocycles. The predicted molar refractivity (Wildman–Crippen MR) is 71.5 cm³/mol. The zero-order chi connectivity index (χ0) is 13.0. The number of likely N-dealkylation sites (tertiary alicyclic amines) is 1. The van der Waals surface area contributed by atoms with Crippen molar-refractivity contribution in [3.05, 3.63) is 18.2 Å². The van der Waals surface area contributed by atoms with Gasteiger partial charge in [0.15, 0.2) is 0 Å². The zero-order valence-electron chi connectivity index (χ0n) is 11.7. The largest absolute Gasteiger partial charge is 0.383 e. The molecule has 1 saturated heterocycles. The van der Waals surface area contributed by atoms with E-state index >= 15 is 0 Å². The van der Waals surface area contributed by atoms with Crippen molar-refractivity contribution >= 4 is 0 Å².